The predicted octanol–water partition coefficient (Wildman–Crippen LogP) is -1.44. The molecule has 0 aliphatic rings. The Kier molecular flexibility index (Phi) is 4.72. The van der Waals surface area contributed by atoms with Gasteiger partial charge in [0.05, 0.1) is 0 Å². The molecule has 0 aliphatic heterocycles. The molecule has 0 saturated carbocycles. The second-order valence-corrected chi connectivity index (χ2v) is 7.62. The standard InChI is InChI=1S/C9H15NO6P2/c1-7-2-4-8(5-3-7)10-6-9(17(11,12)13)18(14,15)16/h2-5,9-10H,6H2,1H3,(H2,11,12,13)(H2,14,15,16)/p-4. The zero-order valence-corrected chi connectivity index (χ0v) is 11.2. The molecular formula is C9H11NO6P2-4. The van der Waals surface area contributed by atoms with Gasteiger partial charge in [0, 0.05) is 17.6 Å². The molecule has 7 nitrogen and oxygen atoms in total. The largest absolute Gasteiger partial charge is 0.810 e. The van der Waals surface area contributed by atoms with Crippen LogP contribution in [0, 0.1) is 6.92 Å². The van der Waals surface area contributed by atoms with Crippen molar-refractivity contribution in [2.45, 2.75) is 12.3 Å². The van der Waals surface area contributed by atoms with E-state index in [1.54, 1.807) is 24.3 Å². The molecule has 0 saturated heterocycles. The van der Waals surface area contributed by atoms with Crippen molar-refractivity contribution in [3.8, 4) is 0 Å². The summed E-state index contributed by atoms with van der Waals surface area (Å²) in [6.45, 7) is 1.08. The van der Waals surface area contributed by atoms with Gasteiger partial charge in [-0.1, -0.05) is 32.9 Å². The predicted molar refractivity (Wildman–Crippen MR) is 58.7 cm³/mol. The van der Waals surface area contributed by atoms with Crippen molar-refractivity contribution >= 4 is 20.9 Å². The fraction of sp³-hybridized carbons (Fsp3) is 0.333. The summed E-state index contributed by atoms with van der Waals surface area (Å²) in [6, 6.07) is 6.57. The average molecular weight is 291 g/mol. The SMILES string of the molecule is Cc1ccc(NCC(P(=O)([O-])[O-])P(=O)([O-])[O-])cc1. The summed E-state index contributed by atoms with van der Waals surface area (Å²) in [5.74, 6) is 0. The summed E-state index contributed by atoms with van der Waals surface area (Å²) >= 11 is 0. The van der Waals surface area contributed by atoms with Crippen LogP contribution in [0.25, 0.3) is 0 Å². The zero-order chi connectivity index (χ0) is 14.0. The van der Waals surface area contributed by atoms with Gasteiger partial charge in [-0.2, -0.15) is 0 Å². The summed E-state index contributed by atoms with van der Waals surface area (Å²) in [7, 11) is -11.0. The van der Waals surface area contributed by atoms with Crippen molar-refractivity contribution in [1.29, 1.82) is 0 Å². The third-order valence-corrected chi connectivity index (χ3v) is 5.79. The maximum atomic E-state index is 10.7. The molecule has 0 heterocycles. The molecule has 18 heavy (non-hydrogen) atoms. The van der Waals surface area contributed by atoms with Crippen LogP contribution in [-0.2, 0) is 9.13 Å². The van der Waals surface area contributed by atoms with Gasteiger partial charge in [-0.25, -0.2) is 0 Å². The first-order valence-corrected chi connectivity index (χ1v) is 8.17. The molecule has 9 heteroatoms. The first-order chi connectivity index (χ1) is 8.10. The Bertz CT molecular complexity index is 468. The number of aryl methyl sites for hydroxylation is 1. The van der Waals surface area contributed by atoms with Gasteiger partial charge in [-0.15, -0.1) is 0 Å². The molecule has 1 aromatic carbocycles. The van der Waals surface area contributed by atoms with E-state index in [1.807, 2.05) is 6.92 Å². The van der Waals surface area contributed by atoms with Crippen LogP contribution in [0.4, 0.5) is 5.69 Å². The van der Waals surface area contributed by atoms with Crippen LogP contribution in [-0.4, -0.2) is 11.9 Å². The Labute approximate surface area is 104 Å². The second kappa shape index (κ2) is 5.53. The molecule has 0 atom stereocenters. The molecule has 0 aromatic heterocycles. The molecule has 0 amide bonds. The number of hydrogen-bond donors (Lipinski definition) is 1. The van der Waals surface area contributed by atoms with E-state index in [2.05, 4.69) is 5.32 Å². The lowest BCUT2D eigenvalue weighted by molar-refractivity contribution is -0.329. The van der Waals surface area contributed by atoms with Gasteiger partial charge in [-0.3, -0.25) is 0 Å². The van der Waals surface area contributed by atoms with E-state index in [1.165, 1.54) is 0 Å². The number of rotatable bonds is 5. The van der Waals surface area contributed by atoms with E-state index in [-0.39, 0.29) is 0 Å². The van der Waals surface area contributed by atoms with Gasteiger partial charge < -0.3 is 34.0 Å². The Hall–Kier alpha value is -0.680. The van der Waals surface area contributed by atoms with Crippen LogP contribution in [0.1, 0.15) is 5.56 Å². The van der Waals surface area contributed by atoms with E-state index in [9.17, 15) is 28.7 Å². The van der Waals surface area contributed by atoms with Crippen LogP contribution in [0.15, 0.2) is 24.3 Å². The maximum absolute atomic E-state index is 10.7. The van der Waals surface area contributed by atoms with Crippen LogP contribution < -0.4 is 24.9 Å². The van der Waals surface area contributed by atoms with Gasteiger partial charge in [0.25, 0.3) is 0 Å². The first-order valence-electron chi connectivity index (χ1n) is 4.95. The number of hydrogen-bond acceptors (Lipinski definition) is 7. The quantitative estimate of drug-likeness (QED) is 0.655. The minimum absolute atomic E-state index is 0.424. The Morgan fingerprint density at radius 1 is 1.06 bits per heavy atom. The molecule has 102 valence electrons. The van der Waals surface area contributed by atoms with Crippen LogP contribution in [0.2, 0.25) is 0 Å². The summed E-state index contributed by atoms with van der Waals surface area (Å²) in [5, 5.41) is -0.0397. The van der Waals surface area contributed by atoms with E-state index >= 15 is 0 Å². The maximum Gasteiger partial charge on any atom is 0.0340 e. The highest BCUT2D eigenvalue weighted by atomic mass is 31.2. The smallest absolute Gasteiger partial charge is 0.0340 e. The molecule has 1 N–H and O–H groups in total. The highest BCUT2D eigenvalue weighted by Crippen LogP contribution is 2.49. The second-order valence-electron chi connectivity index (χ2n) is 3.81. The Morgan fingerprint density at radius 3 is 1.89 bits per heavy atom. The lowest BCUT2D eigenvalue weighted by atomic mass is 10.2. The van der Waals surface area contributed by atoms with Gasteiger partial charge in [0.15, 0.2) is 0 Å². The van der Waals surface area contributed by atoms with Crippen molar-refractivity contribution in [3.05, 3.63) is 29.8 Å². The van der Waals surface area contributed by atoms with Gasteiger partial charge >= 0.3 is 0 Å². The number of benzene rings is 1. The molecule has 0 radical (unpaired) electrons. The Balaban J connectivity index is 2.78. The lowest BCUT2D eigenvalue weighted by Gasteiger charge is -2.49. The summed E-state index contributed by atoms with van der Waals surface area (Å²) in [4.78, 5) is 42.9. The van der Waals surface area contributed by atoms with Crippen molar-refractivity contribution in [2.24, 2.45) is 0 Å². The van der Waals surface area contributed by atoms with Gasteiger partial charge in [0.1, 0.15) is 0 Å². The monoisotopic (exact) mass is 291 g/mol. The molecule has 0 fully saturated rings. The van der Waals surface area contributed by atoms with Crippen molar-refractivity contribution in [2.75, 3.05) is 11.9 Å². The molecule has 0 unspecified atom stereocenters. The zero-order valence-electron chi connectivity index (χ0n) is 9.44. The Morgan fingerprint density at radius 2 is 1.50 bits per heavy atom. The fourth-order valence-corrected chi connectivity index (χ4v) is 3.29. The minimum Gasteiger partial charge on any atom is -0.810 e. The highest BCUT2D eigenvalue weighted by molar-refractivity contribution is 7.68. The van der Waals surface area contributed by atoms with Crippen LogP contribution >= 0.6 is 15.2 Å². The van der Waals surface area contributed by atoms with Crippen LogP contribution in [0.3, 0.4) is 0 Å². The molecular weight excluding hydrogens is 280 g/mol. The van der Waals surface area contributed by atoms with Crippen molar-refractivity contribution in [1.82, 2.24) is 0 Å². The van der Waals surface area contributed by atoms with E-state index < -0.39 is 27.1 Å². The molecule has 0 spiro atoms. The van der Waals surface area contributed by atoms with Crippen molar-refractivity contribution < 1.29 is 28.7 Å². The molecule has 1 aromatic rings. The van der Waals surface area contributed by atoms with Crippen LogP contribution in [0.5, 0.6) is 0 Å². The average Bonchev–Trinajstić information content (AvgIpc) is 2.17. The highest BCUT2D eigenvalue weighted by Gasteiger charge is 2.16. The molecule has 1 rings (SSSR count). The third kappa shape index (κ3) is 4.53. The number of nitrogens with one attached hydrogen (secondary N) is 1. The van der Waals surface area contributed by atoms with E-state index in [4.69, 9.17) is 0 Å². The third-order valence-electron chi connectivity index (χ3n) is 2.27. The van der Waals surface area contributed by atoms with Gasteiger partial charge in [0.2, 0.25) is 0 Å². The summed E-state index contributed by atoms with van der Waals surface area (Å²) in [6.07, 6.45) is 0. The van der Waals surface area contributed by atoms with E-state index in [0.29, 0.717) is 5.69 Å². The van der Waals surface area contributed by atoms with Gasteiger partial charge in [-0.05, 0) is 19.1 Å². The lowest BCUT2D eigenvalue weighted by Crippen LogP contribution is -2.38. The summed E-state index contributed by atoms with van der Waals surface area (Å²) < 4.78 is 21.4. The first kappa shape index (κ1) is 15.4. The normalized spacial score (nSPS) is 12.8. The van der Waals surface area contributed by atoms with E-state index in [0.717, 1.165) is 5.56 Å². The number of anilines is 1. The minimum atomic E-state index is -5.49. The fourth-order valence-electron chi connectivity index (χ4n) is 1.28. The molecule has 0 bridgehead atoms. The summed E-state index contributed by atoms with van der Waals surface area (Å²) in [5.41, 5.74) is 1.38. The molecule has 0 aliphatic carbocycles. The van der Waals surface area contributed by atoms with Crippen molar-refractivity contribution in [3.63, 3.8) is 0 Å². The topological polar surface area (TPSA) is 138 Å².